The van der Waals surface area contributed by atoms with E-state index in [1.807, 2.05) is 12.1 Å². The fourth-order valence-electron chi connectivity index (χ4n) is 3.15. The fourth-order valence-corrected chi connectivity index (χ4v) is 3.15. The zero-order chi connectivity index (χ0) is 18.2. The molecule has 0 aliphatic heterocycles. The van der Waals surface area contributed by atoms with Crippen molar-refractivity contribution in [3.05, 3.63) is 29.8 Å². The van der Waals surface area contributed by atoms with Gasteiger partial charge < -0.3 is 5.32 Å². The molecule has 0 heterocycles. The Morgan fingerprint density at radius 1 is 0.720 bits per heavy atom. The van der Waals surface area contributed by atoms with Gasteiger partial charge in [0.15, 0.2) is 0 Å². The first-order valence-corrected chi connectivity index (χ1v) is 10.6. The largest absolute Gasteiger partial charge is 0.326 e. The van der Waals surface area contributed by atoms with Crippen molar-refractivity contribution in [2.75, 3.05) is 5.32 Å². The van der Waals surface area contributed by atoms with Gasteiger partial charge in [-0.05, 0) is 37.0 Å². The molecule has 0 unspecified atom stereocenters. The molecule has 25 heavy (non-hydrogen) atoms. The maximum absolute atomic E-state index is 12.0. The van der Waals surface area contributed by atoms with E-state index in [-0.39, 0.29) is 5.91 Å². The summed E-state index contributed by atoms with van der Waals surface area (Å²) in [4.78, 5) is 12.0. The predicted octanol–water partition coefficient (Wildman–Crippen LogP) is 7.28. The maximum Gasteiger partial charge on any atom is 0.224 e. The second kappa shape index (κ2) is 15.0. The second-order valence-electron chi connectivity index (χ2n) is 7.28. The molecule has 1 aromatic rings. The summed E-state index contributed by atoms with van der Waals surface area (Å²) in [7, 11) is 0. The third-order valence-corrected chi connectivity index (χ3v) is 4.81. The quantitative estimate of drug-likeness (QED) is 0.332. The van der Waals surface area contributed by atoms with Crippen LogP contribution in [0.25, 0.3) is 0 Å². The number of benzene rings is 1. The van der Waals surface area contributed by atoms with E-state index < -0.39 is 0 Å². The zero-order valence-electron chi connectivity index (χ0n) is 16.6. The van der Waals surface area contributed by atoms with E-state index in [1.54, 1.807) is 0 Å². The lowest BCUT2D eigenvalue weighted by atomic mass is 10.0. The number of amides is 1. The number of carbonyl (C=O) groups excluding carboxylic acids is 1. The number of aryl methyl sites for hydroxylation is 1. The Hall–Kier alpha value is -1.31. The van der Waals surface area contributed by atoms with Crippen LogP contribution in [-0.2, 0) is 11.2 Å². The first-order chi connectivity index (χ1) is 12.3. The monoisotopic (exact) mass is 345 g/mol. The summed E-state index contributed by atoms with van der Waals surface area (Å²) in [5.74, 6) is 0.152. The Morgan fingerprint density at radius 3 is 1.84 bits per heavy atom. The standard InChI is InChI=1S/C23H39NO/c1-3-5-7-9-11-13-15-21-17-19-22(20-18-21)24-23(25)16-14-12-10-8-6-4-2/h17-20H,3-16H2,1-2H3,(H,24,25). The van der Waals surface area contributed by atoms with Gasteiger partial charge in [-0.3, -0.25) is 4.79 Å². The molecule has 0 aromatic heterocycles. The number of rotatable bonds is 15. The lowest BCUT2D eigenvalue weighted by Gasteiger charge is -2.07. The minimum Gasteiger partial charge on any atom is -0.326 e. The average molecular weight is 346 g/mol. The summed E-state index contributed by atoms with van der Waals surface area (Å²) >= 11 is 0. The second-order valence-corrected chi connectivity index (χ2v) is 7.28. The SMILES string of the molecule is CCCCCCCCC(=O)Nc1ccc(CCCCCCCC)cc1. The van der Waals surface area contributed by atoms with Crippen LogP contribution in [0.1, 0.15) is 103 Å². The molecule has 1 N–H and O–H groups in total. The Morgan fingerprint density at radius 2 is 1.24 bits per heavy atom. The molecule has 0 fully saturated rings. The normalized spacial score (nSPS) is 10.8. The highest BCUT2D eigenvalue weighted by Crippen LogP contribution is 2.14. The van der Waals surface area contributed by atoms with Crippen LogP contribution in [0, 0.1) is 0 Å². The highest BCUT2D eigenvalue weighted by atomic mass is 16.1. The van der Waals surface area contributed by atoms with Crippen molar-refractivity contribution in [2.45, 2.75) is 104 Å². The smallest absolute Gasteiger partial charge is 0.224 e. The average Bonchev–Trinajstić information content (AvgIpc) is 2.62. The van der Waals surface area contributed by atoms with Crippen LogP contribution in [0.5, 0.6) is 0 Å². The summed E-state index contributed by atoms with van der Waals surface area (Å²) in [6.45, 7) is 4.49. The molecule has 1 rings (SSSR count). The minimum absolute atomic E-state index is 0.152. The lowest BCUT2D eigenvalue weighted by molar-refractivity contribution is -0.116. The summed E-state index contributed by atoms with van der Waals surface area (Å²) in [6.07, 6.45) is 17.1. The van der Waals surface area contributed by atoms with Gasteiger partial charge >= 0.3 is 0 Å². The molecular formula is C23H39NO. The Balaban J connectivity index is 2.13. The molecule has 0 bridgehead atoms. The number of anilines is 1. The lowest BCUT2D eigenvalue weighted by Crippen LogP contribution is -2.11. The van der Waals surface area contributed by atoms with Crippen molar-refractivity contribution in [2.24, 2.45) is 0 Å². The molecule has 0 saturated heterocycles. The molecule has 0 aliphatic rings. The molecule has 0 aliphatic carbocycles. The van der Waals surface area contributed by atoms with Gasteiger partial charge in [-0.1, -0.05) is 90.2 Å². The van der Waals surface area contributed by atoms with E-state index in [4.69, 9.17) is 0 Å². The zero-order valence-corrected chi connectivity index (χ0v) is 16.6. The van der Waals surface area contributed by atoms with Gasteiger partial charge in [0, 0.05) is 12.1 Å². The Labute approximate surface area is 155 Å². The van der Waals surface area contributed by atoms with Gasteiger partial charge in [-0.2, -0.15) is 0 Å². The van der Waals surface area contributed by atoms with Gasteiger partial charge in [0.25, 0.3) is 0 Å². The van der Waals surface area contributed by atoms with E-state index in [0.717, 1.165) is 18.5 Å². The molecule has 0 radical (unpaired) electrons. The van der Waals surface area contributed by atoms with Gasteiger partial charge in [-0.25, -0.2) is 0 Å². The number of carbonyl (C=O) groups is 1. The first-order valence-electron chi connectivity index (χ1n) is 10.6. The summed E-state index contributed by atoms with van der Waals surface area (Å²) in [6, 6.07) is 8.41. The predicted molar refractivity (Wildman–Crippen MR) is 110 cm³/mol. The van der Waals surface area contributed by atoms with Crippen LogP contribution >= 0.6 is 0 Å². The number of hydrogen-bond acceptors (Lipinski definition) is 1. The molecule has 2 heteroatoms. The van der Waals surface area contributed by atoms with Crippen molar-refractivity contribution in [1.29, 1.82) is 0 Å². The molecule has 0 spiro atoms. The van der Waals surface area contributed by atoms with Crippen LogP contribution < -0.4 is 5.32 Å². The third-order valence-electron chi connectivity index (χ3n) is 4.81. The molecule has 2 nitrogen and oxygen atoms in total. The van der Waals surface area contributed by atoms with Crippen molar-refractivity contribution in [3.63, 3.8) is 0 Å². The maximum atomic E-state index is 12.0. The first kappa shape index (κ1) is 21.7. The van der Waals surface area contributed by atoms with E-state index in [0.29, 0.717) is 6.42 Å². The van der Waals surface area contributed by atoms with Crippen LogP contribution in [0.15, 0.2) is 24.3 Å². The van der Waals surface area contributed by atoms with Crippen LogP contribution in [0.4, 0.5) is 5.69 Å². The van der Waals surface area contributed by atoms with Crippen LogP contribution in [0.3, 0.4) is 0 Å². The van der Waals surface area contributed by atoms with Gasteiger partial charge in [0.1, 0.15) is 0 Å². The number of hydrogen-bond donors (Lipinski definition) is 1. The van der Waals surface area contributed by atoms with Crippen molar-refractivity contribution >= 4 is 11.6 Å². The molecule has 1 amide bonds. The fraction of sp³-hybridized carbons (Fsp3) is 0.696. The Kier molecular flexibility index (Phi) is 13.0. The summed E-state index contributed by atoms with van der Waals surface area (Å²) in [5, 5.41) is 3.02. The van der Waals surface area contributed by atoms with E-state index in [9.17, 15) is 4.79 Å². The van der Waals surface area contributed by atoms with Crippen LogP contribution in [0.2, 0.25) is 0 Å². The third kappa shape index (κ3) is 11.8. The van der Waals surface area contributed by atoms with E-state index in [1.165, 1.54) is 76.2 Å². The van der Waals surface area contributed by atoms with Gasteiger partial charge in [0.2, 0.25) is 5.91 Å². The topological polar surface area (TPSA) is 29.1 Å². The number of unbranched alkanes of at least 4 members (excludes halogenated alkanes) is 10. The molecule has 1 aromatic carbocycles. The minimum atomic E-state index is 0.152. The van der Waals surface area contributed by atoms with Gasteiger partial charge in [-0.15, -0.1) is 0 Å². The van der Waals surface area contributed by atoms with Gasteiger partial charge in [0.05, 0.1) is 0 Å². The molecular weight excluding hydrogens is 306 g/mol. The van der Waals surface area contributed by atoms with Crippen molar-refractivity contribution in [1.82, 2.24) is 0 Å². The highest BCUT2D eigenvalue weighted by Gasteiger charge is 2.02. The Bertz CT molecular complexity index is 438. The van der Waals surface area contributed by atoms with E-state index >= 15 is 0 Å². The van der Waals surface area contributed by atoms with Crippen molar-refractivity contribution < 1.29 is 4.79 Å². The molecule has 142 valence electrons. The molecule has 0 atom stereocenters. The van der Waals surface area contributed by atoms with E-state index in [2.05, 4.69) is 31.3 Å². The van der Waals surface area contributed by atoms with Crippen LogP contribution in [-0.4, -0.2) is 5.91 Å². The highest BCUT2D eigenvalue weighted by molar-refractivity contribution is 5.90. The van der Waals surface area contributed by atoms with Crippen molar-refractivity contribution in [3.8, 4) is 0 Å². The summed E-state index contributed by atoms with van der Waals surface area (Å²) < 4.78 is 0. The molecule has 0 saturated carbocycles. The number of nitrogens with one attached hydrogen (secondary N) is 1. The summed E-state index contributed by atoms with van der Waals surface area (Å²) in [5.41, 5.74) is 2.31.